The van der Waals surface area contributed by atoms with Crippen molar-refractivity contribution in [2.45, 2.75) is 18.9 Å². The topological polar surface area (TPSA) is 102 Å². The van der Waals surface area contributed by atoms with E-state index in [1.807, 2.05) is 0 Å². The van der Waals surface area contributed by atoms with E-state index in [4.69, 9.17) is 4.74 Å². The van der Waals surface area contributed by atoms with Gasteiger partial charge < -0.3 is 20.1 Å². The average molecular weight is 356 g/mol. The molecule has 1 unspecified atom stereocenters. The molecule has 1 aliphatic rings. The van der Waals surface area contributed by atoms with Gasteiger partial charge in [0.2, 0.25) is 0 Å². The van der Waals surface area contributed by atoms with Gasteiger partial charge in [0.05, 0.1) is 31.2 Å². The van der Waals surface area contributed by atoms with Crippen molar-refractivity contribution in [2.75, 3.05) is 30.9 Å². The number of rotatable bonds is 6. The van der Waals surface area contributed by atoms with Gasteiger partial charge >= 0.3 is 5.97 Å². The molecule has 2 heterocycles. The molecule has 136 valence electrons. The minimum atomic E-state index is -0.470. The number of amides is 1. The zero-order valence-corrected chi connectivity index (χ0v) is 14.4. The molecule has 1 saturated heterocycles. The summed E-state index contributed by atoms with van der Waals surface area (Å²) in [6.45, 7) is 1.47. The molecule has 8 heteroatoms. The van der Waals surface area contributed by atoms with Gasteiger partial charge in [-0.2, -0.15) is 0 Å². The number of aromatic nitrogens is 2. The number of hydrogen-bond acceptors (Lipinski definition) is 7. The predicted molar refractivity (Wildman–Crippen MR) is 95.2 cm³/mol. The number of benzene rings is 1. The molecule has 2 N–H and O–H groups in total. The molecule has 1 aliphatic heterocycles. The molecule has 1 aromatic heterocycles. The summed E-state index contributed by atoms with van der Waals surface area (Å²) in [7, 11) is 1.30. The zero-order chi connectivity index (χ0) is 18.4. The highest BCUT2D eigenvalue weighted by Crippen LogP contribution is 2.14. The molecule has 1 fully saturated rings. The molecule has 8 nitrogen and oxygen atoms in total. The van der Waals surface area contributed by atoms with Crippen LogP contribution in [-0.4, -0.2) is 48.2 Å². The highest BCUT2D eigenvalue weighted by Gasteiger charge is 2.15. The Morgan fingerprint density at radius 1 is 1.31 bits per heavy atom. The first-order valence-electron chi connectivity index (χ1n) is 8.33. The normalized spacial score (nSPS) is 16.1. The lowest BCUT2D eigenvalue weighted by molar-refractivity contribution is 0.0600. The monoisotopic (exact) mass is 356 g/mol. The Morgan fingerprint density at radius 3 is 2.88 bits per heavy atom. The summed E-state index contributed by atoms with van der Waals surface area (Å²) >= 11 is 0. The lowest BCUT2D eigenvalue weighted by Gasteiger charge is -2.11. The molecule has 26 heavy (non-hydrogen) atoms. The number of anilines is 2. The fourth-order valence-corrected chi connectivity index (χ4v) is 2.60. The van der Waals surface area contributed by atoms with Crippen LogP contribution in [0.1, 0.15) is 33.7 Å². The van der Waals surface area contributed by atoms with Crippen LogP contribution in [0, 0.1) is 0 Å². The molecule has 0 bridgehead atoms. The first-order chi connectivity index (χ1) is 12.7. The van der Waals surface area contributed by atoms with Crippen LogP contribution in [0.3, 0.4) is 0 Å². The maximum atomic E-state index is 12.3. The molecule has 0 saturated carbocycles. The van der Waals surface area contributed by atoms with E-state index < -0.39 is 11.9 Å². The minimum absolute atomic E-state index is 0.177. The summed E-state index contributed by atoms with van der Waals surface area (Å²) in [6, 6.07) is 6.48. The van der Waals surface area contributed by atoms with Crippen molar-refractivity contribution >= 4 is 23.4 Å². The molecule has 0 spiro atoms. The van der Waals surface area contributed by atoms with Gasteiger partial charge in [0.25, 0.3) is 5.91 Å². The molecular formula is C18H20N4O4. The van der Waals surface area contributed by atoms with Crippen molar-refractivity contribution in [3.63, 3.8) is 0 Å². The standard InChI is InChI=1S/C18H20N4O4/c1-25-18(24)12-4-2-5-13(8-12)22-17(23)15-10-21-16(11-19-15)20-9-14-6-3-7-26-14/h2,4-5,8,10-11,14H,3,6-7,9H2,1H3,(H,20,21)(H,22,23). The van der Waals surface area contributed by atoms with Crippen LogP contribution < -0.4 is 10.6 Å². The lowest BCUT2D eigenvalue weighted by Crippen LogP contribution is -2.19. The molecule has 0 aliphatic carbocycles. The van der Waals surface area contributed by atoms with Gasteiger partial charge in [0, 0.05) is 18.8 Å². The summed E-state index contributed by atoms with van der Waals surface area (Å²) in [5.41, 5.74) is 1.00. The number of ether oxygens (including phenoxy) is 2. The van der Waals surface area contributed by atoms with Crippen molar-refractivity contribution in [2.24, 2.45) is 0 Å². The second-order valence-corrected chi connectivity index (χ2v) is 5.83. The van der Waals surface area contributed by atoms with E-state index in [9.17, 15) is 9.59 Å². The highest BCUT2D eigenvalue weighted by atomic mass is 16.5. The van der Waals surface area contributed by atoms with Crippen LogP contribution in [0.4, 0.5) is 11.5 Å². The molecule has 1 aromatic carbocycles. The van der Waals surface area contributed by atoms with E-state index in [1.54, 1.807) is 18.2 Å². The highest BCUT2D eigenvalue weighted by molar-refractivity contribution is 6.03. The van der Waals surface area contributed by atoms with E-state index in [0.29, 0.717) is 23.6 Å². The second kappa shape index (κ2) is 8.39. The fourth-order valence-electron chi connectivity index (χ4n) is 2.60. The van der Waals surface area contributed by atoms with Crippen molar-refractivity contribution in [1.29, 1.82) is 0 Å². The van der Waals surface area contributed by atoms with Gasteiger partial charge in [-0.25, -0.2) is 14.8 Å². The van der Waals surface area contributed by atoms with Crippen molar-refractivity contribution in [1.82, 2.24) is 9.97 Å². The van der Waals surface area contributed by atoms with Crippen LogP contribution in [-0.2, 0) is 9.47 Å². The number of esters is 1. The number of carbonyl (C=O) groups excluding carboxylic acids is 2. The second-order valence-electron chi connectivity index (χ2n) is 5.83. The van der Waals surface area contributed by atoms with E-state index in [-0.39, 0.29) is 11.8 Å². The average Bonchev–Trinajstić information content (AvgIpc) is 3.20. The summed E-state index contributed by atoms with van der Waals surface area (Å²) in [4.78, 5) is 32.1. The van der Waals surface area contributed by atoms with Gasteiger partial charge in [-0.1, -0.05) is 6.07 Å². The number of nitrogens with zero attached hydrogens (tertiary/aromatic N) is 2. The molecular weight excluding hydrogens is 336 g/mol. The van der Waals surface area contributed by atoms with Gasteiger partial charge in [-0.3, -0.25) is 4.79 Å². The van der Waals surface area contributed by atoms with Gasteiger partial charge in [-0.05, 0) is 31.0 Å². The molecule has 2 aromatic rings. The maximum absolute atomic E-state index is 12.3. The Balaban J connectivity index is 1.58. The Morgan fingerprint density at radius 2 is 2.19 bits per heavy atom. The Bertz CT molecular complexity index is 773. The lowest BCUT2D eigenvalue weighted by atomic mass is 10.2. The fraction of sp³-hybridized carbons (Fsp3) is 0.333. The van der Waals surface area contributed by atoms with E-state index >= 15 is 0 Å². The Labute approximate surface area is 150 Å². The van der Waals surface area contributed by atoms with E-state index in [0.717, 1.165) is 19.4 Å². The third-order valence-corrected chi connectivity index (χ3v) is 3.96. The largest absolute Gasteiger partial charge is 0.465 e. The maximum Gasteiger partial charge on any atom is 0.337 e. The number of methoxy groups -OCH3 is 1. The third kappa shape index (κ3) is 4.54. The summed E-state index contributed by atoms with van der Waals surface area (Å²) < 4.78 is 10.2. The van der Waals surface area contributed by atoms with Crippen LogP contribution >= 0.6 is 0 Å². The quantitative estimate of drug-likeness (QED) is 0.764. The first kappa shape index (κ1) is 17.8. The summed E-state index contributed by atoms with van der Waals surface area (Å²) in [5.74, 6) is -0.294. The molecule has 0 radical (unpaired) electrons. The molecule has 1 amide bonds. The predicted octanol–water partition coefficient (Wildman–Crippen LogP) is 2.11. The summed E-state index contributed by atoms with van der Waals surface area (Å²) in [6.07, 6.45) is 5.22. The smallest absolute Gasteiger partial charge is 0.337 e. The van der Waals surface area contributed by atoms with Crippen LogP contribution in [0.15, 0.2) is 36.7 Å². The Hall–Kier alpha value is -3.00. The number of hydrogen-bond donors (Lipinski definition) is 2. The number of carbonyl (C=O) groups is 2. The number of nitrogens with one attached hydrogen (secondary N) is 2. The van der Waals surface area contributed by atoms with Crippen LogP contribution in [0.5, 0.6) is 0 Å². The van der Waals surface area contributed by atoms with E-state index in [2.05, 4.69) is 25.3 Å². The van der Waals surface area contributed by atoms with E-state index in [1.165, 1.54) is 25.6 Å². The van der Waals surface area contributed by atoms with Gasteiger partial charge in [0.1, 0.15) is 11.5 Å². The van der Waals surface area contributed by atoms with Crippen LogP contribution in [0.25, 0.3) is 0 Å². The third-order valence-electron chi connectivity index (χ3n) is 3.96. The van der Waals surface area contributed by atoms with Crippen molar-refractivity contribution < 1.29 is 19.1 Å². The zero-order valence-electron chi connectivity index (χ0n) is 14.4. The van der Waals surface area contributed by atoms with Crippen LogP contribution in [0.2, 0.25) is 0 Å². The first-order valence-corrected chi connectivity index (χ1v) is 8.33. The van der Waals surface area contributed by atoms with Crippen molar-refractivity contribution in [3.8, 4) is 0 Å². The summed E-state index contributed by atoms with van der Waals surface area (Å²) in [5, 5.41) is 5.83. The minimum Gasteiger partial charge on any atom is -0.465 e. The molecule has 1 atom stereocenters. The van der Waals surface area contributed by atoms with Crippen molar-refractivity contribution in [3.05, 3.63) is 47.9 Å². The van der Waals surface area contributed by atoms with Gasteiger partial charge in [-0.15, -0.1) is 0 Å². The molecule has 3 rings (SSSR count). The Kier molecular flexibility index (Phi) is 5.75. The van der Waals surface area contributed by atoms with Gasteiger partial charge in [0.15, 0.2) is 0 Å². The SMILES string of the molecule is COC(=O)c1cccc(NC(=O)c2cnc(NCC3CCCO3)cn2)c1.